The molecule has 0 aliphatic heterocycles. The molecule has 1 amide bonds. The number of nitrogens with one attached hydrogen (secondary N) is 3. The monoisotopic (exact) mass is 429 g/mol. The molecule has 2 aromatic carbocycles. The summed E-state index contributed by atoms with van der Waals surface area (Å²) in [6.07, 6.45) is 2.79. The second-order valence-corrected chi connectivity index (χ2v) is 7.05. The molecule has 0 aliphatic carbocycles. The molecule has 0 spiro atoms. The number of hydrogen-bond acceptors (Lipinski definition) is 6. The van der Waals surface area contributed by atoms with Crippen molar-refractivity contribution in [3.63, 3.8) is 0 Å². The number of carboxylic acids is 1. The van der Waals surface area contributed by atoms with E-state index in [1.807, 2.05) is 13.0 Å². The Hall–Kier alpha value is -3.42. The number of ether oxygens (including phenoxy) is 2. The zero-order valence-electron chi connectivity index (χ0n) is 18.5. The normalized spacial score (nSPS) is 11.4. The highest BCUT2D eigenvalue weighted by Gasteiger charge is 2.26. The minimum absolute atomic E-state index is 0.288. The molecule has 1 atom stereocenters. The smallest absolute Gasteiger partial charge is 0.316 e. The van der Waals surface area contributed by atoms with E-state index in [1.165, 1.54) is 0 Å². The van der Waals surface area contributed by atoms with Crippen LogP contribution in [0.1, 0.15) is 32.6 Å². The van der Waals surface area contributed by atoms with Gasteiger partial charge in [-0.2, -0.15) is 0 Å². The number of anilines is 3. The zero-order valence-corrected chi connectivity index (χ0v) is 18.5. The summed E-state index contributed by atoms with van der Waals surface area (Å²) in [7, 11) is 5.10. The largest absolute Gasteiger partial charge is 0.493 e. The van der Waals surface area contributed by atoms with Crippen molar-refractivity contribution in [2.75, 3.05) is 37.2 Å². The van der Waals surface area contributed by atoms with Crippen LogP contribution in [-0.2, 0) is 9.59 Å². The van der Waals surface area contributed by atoms with Gasteiger partial charge in [0.1, 0.15) is 5.92 Å². The van der Waals surface area contributed by atoms with E-state index in [-0.39, 0.29) is 6.42 Å². The Bertz CT molecular complexity index is 901. The summed E-state index contributed by atoms with van der Waals surface area (Å²) in [6, 6.07) is 10.6. The van der Waals surface area contributed by atoms with Crippen LogP contribution in [0.2, 0.25) is 0 Å². The average Bonchev–Trinajstić information content (AvgIpc) is 2.77. The first-order chi connectivity index (χ1) is 14.9. The summed E-state index contributed by atoms with van der Waals surface area (Å²) in [5.74, 6) is -1.47. The Morgan fingerprint density at radius 3 is 2.19 bits per heavy atom. The third-order valence-electron chi connectivity index (χ3n) is 4.91. The number of rotatable bonds is 12. The zero-order chi connectivity index (χ0) is 22.8. The summed E-state index contributed by atoms with van der Waals surface area (Å²) in [5.41, 5.74) is 1.98. The second kappa shape index (κ2) is 11.7. The molecule has 1 unspecified atom stereocenters. The van der Waals surface area contributed by atoms with Gasteiger partial charge >= 0.3 is 5.97 Å². The average molecular weight is 430 g/mol. The first-order valence-electron chi connectivity index (χ1n) is 10.3. The van der Waals surface area contributed by atoms with Gasteiger partial charge in [0.25, 0.3) is 0 Å². The van der Waals surface area contributed by atoms with Gasteiger partial charge in [0.05, 0.1) is 12.8 Å². The van der Waals surface area contributed by atoms with Crippen LogP contribution in [0.5, 0.6) is 17.2 Å². The van der Waals surface area contributed by atoms with Crippen LogP contribution in [-0.4, -0.2) is 38.2 Å². The van der Waals surface area contributed by atoms with Crippen molar-refractivity contribution in [2.45, 2.75) is 32.6 Å². The first-order valence-corrected chi connectivity index (χ1v) is 10.3. The molecule has 0 bridgehead atoms. The van der Waals surface area contributed by atoms with Crippen molar-refractivity contribution >= 4 is 28.9 Å². The standard InChI is InChI=1S/C23H31N3O5/c1-5-6-7-8-17(23(28)29)22(27)26-18-13-15(24-2)9-11-19(18)31-20-12-10-16(25-3)14-21(20)30-4/h9-14,17,24-25H,5-8H2,1-4H3,(H,26,27)(H,28,29). The fourth-order valence-electron chi connectivity index (χ4n) is 3.08. The van der Waals surface area contributed by atoms with E-state index in [4.69, 9.17) is 9.47 Å². The Morgan fingerprint density at radius 1 is 0.968 bits per heavy atom. The van der Waals surface area contributed by atoms with Crippen molar-refractivity contribution < 1.29 is 24.2 Å². The SMILES string of the molecule is CCCCCC(C(=O)O)C(=O)Nc1cc(NC)ccc1Oc1ccc(NC)cc1OC. The van der Waals surface area contributed by atoms with Crippen LogP contribution < -0.4 is 25.4 Å². The van der Waals surface area contributed by atoms with Crippen molar-refractivity contribution in [2.24, 2.45) is 5.92 Å². The Labute approximate surface area is 182 Å². The molecular weight excluding hydrogens is 398 g/mol. The molecule has 2 rings (SSSR count). The number of benzene rings is 2. The van der Waals surface area contributed by atoms with Gasteiger partial charge in [-0.15, -0.1) is 0 Å². The molecule has 4 N–H and O–H groups in total. The molecule has 8 nitrogen and oxygen atoms in total. The van der Waals surface area contributed by atoms with Crippen LogP contribution in [0.3, 0.4) is 0 Å². The van der Waals surface area contributed by atoms with Crippen molar-refractivity contribution in [3.05, 3.63) is 36.4 Å². The van der Waals surface area contributed by atoms with Crippen LogP contribution in [0.25, 0.3) is 0 Å². The summed E-state index contributed by atoms with van der Waals surface area (Å²) in [5, 5.41) is 18.3. The van der Waals surface area contributed by atoms with E-state index in [0.29, 0.717) is 29.4 Å². The molecule has 0 aliphatic rings. The van der Waals surface area contributed by atoms with E-state index in [2.05, 4.69) is 16.0 Å². The Balaban J connectivity index is 2.31. The van der Waals surface area contributed by atoms with Crippen LogP contribution in [0, 0.1) is 5.92 Å². The molecule has 0 heterocycles. The topological polar surface area (TPSA) is 109 Å². The highest BCUT2D eigenvalue weighted by molar-refractivity contribution is 6.05. The maximum atomic E-state index is 12.8. The van der Waals surface area contributed by atoms with Gasteiger partial charge in [0.2, 0.25) is 5.91 Å². The van der Waals surface area contributed by atoms with Crippen molar-refractivity contribution in [1.29, 1.82) is 0 Å². The lowest BCUT2D eigenvalue weighted by atomic mass is 10.0. The van der Waals surface area contributed by atoms with Crippen molar-refractivity contribution in [1.82, 2.24) is 0 Å². The van der Waals surface area contributed by atoms with Gasteiger partial charge in [-0.25, -0.2) is 0 Å². The molecular formula is C23H31N3O5. The lowest BCUT2D eigenvalue weighted by Crippen LogP contribution is -2.29. The lowest BCUT2D eigenvalue weighted by molar-refractivity contribution is -0.145. The number of amides is 1. The van der Waals surface area contributed by atoms with Crippen LogP contribution in [0.4, 0.5) is 17.1 Å². The van der Waals surface area contributed by atoms with E-state index in [1.54, 1.807) is 51.5 Å². The van der Waals surface area contributed by atoms with E-state index < -0.39 is 17.8 Å². The number of unbranched alkanes of at least 4 members (excludes halogenated alkanes) is 2. The lowest BCUT2D eigenvalue weighted by Gasteiger charge is -2.18. The first kappa shape index (κ1) is 23.9. The minimum Gasteiger partial charge on any atom is -0.493 e. The highest BCUT2D eigenvalue weighted by atomic mass is 16.5. The summed E-state index contributed by atoms with van der Waals surface area (Å²) in [6.45, 7) is 2.03. The quantitative estimate of drug-likeness (QED) is 0.284. The predicted molar refractivity (Wildman–Crippen MR) is 123 cm³/mol. The number of carboxylic acid groups (broad SMARTS) is 1. The van der Waals surface area contributed by atoms with E-state index in [0.717, 1.165) is 24.2 Å². The van der Waals surface area contributed by atoms with E-state index >= 15 is 0 Å². The third-order valence-corrected chi connectivity index (χ3v) is 4.91. The molecule has 0 aromatic heterocycles. The highest BCUT2D eigenvalue weighted by Crippen LogP contribution is 2.38. The number of aliphatic carboxylic acids is 1. The van der Waals surface area contributed by atoms with Crippen LogP contribution >= 0.6 is 0 Å². The molecule has 31 heavy (non-hydrogen) atoms. The Kier molecular flexibility index (Phi) is 8.99. The maximum Gasteiger partial charge on any atom is 0.316 e. The van der Waals surface area contributed by atoms with E-state index in [9.17, 15) is 14.7 Å². The number of hydrogen-bond donors (Lipinski definition) is 4. The molecule has 168 valence electrons. The predicted octanol–water partition coefficient (Wildman–Crippen LogP) is 4.79. The van der Waals surface area contributed by atoms with Gasteiger partial charge in [0.15, 0.2) is 17.2 Å². The van der Waals surface area contributed by atoms with Crippen molar-refractivity contribution in [3.8, 4) is 17.2 Å². The van der Waals surface area contributed by atoms with Gasteiger partial charge < -0.3 is 30.5 Å². The number of carbonyl (C=O) groups excluding carboxylic acids is 1. The number of methoxy groups -OCH3 is 1. The minimum atomic E-state index is -1.13. The number of carbonyl (C=O) groups is 2. The third kappa shape index (κ3) is 6.53. The molecule has 0 saturated heterocycles. The summed E-state index contributed by atoms with van der Waals surface area (Å²) < 4.78 is 11.4. The summed E-state index contributed by atoms with van der Waals surface area (Å²) >= 11 is 0. The fourth-order valence-corrected chi connectivity index (χ4v) is 3.08. The van der Waals surface area contributed by atoms with Gasteiger partial charge in [0, 0.05) is 31.5 Å². The van der Waals surface area contributed by atoms with Gasteiger partial charge in [-0.3, -0.25) is 9.59 Å². The molecule has 8 heteroatoms. The molecule has 0 fully saturated rings. The molecule has 2 aromatic rings. The maximum absolute atomic E-state index is 12.8. The van der Waals surface area contributed by atoms with Gasteiger partial charge in [-0.05, 0) is 36.8 Å². The van der Waals surface area contributed by atoms with Gasteiger partial charge in [-0.1, -0.05) is 26.2 Å². The molecule has 0 radical (unpaired) electrons. The summed E-state index contributed by atoms with van der Waals surface area (Å²) in [4.78, 5) is 24.4. The van der Waals surface area contributed by atoms with Crippen LogP contribution in [0.15, 0.2) is 36.4 Å². The Morgan fingerprint density at radius 2 is 1.61 bits per heavy atom. The second-order valence-electron chi connectivity index (χ2n) is 7.05. The fraction of sp³-hybridized carbons (Fsp3) is 0.391. The molecule has 0 saturated carbocycles.